The number of aldehydes is 1. The Morgan fingerprint density at radius 1 is 1.33 bits per heavy atom. The Hall–Kier alpha value is -1.16. The molecule has 0 saturated carbocycles. The zero-order valence-electron chi connectivity index (χ0n) is 9.43. The number of halogens is 1. The van der Waals surface area contributed by atoms with Gasteiger partial charge in [0.25, 0.3) is 0 Å². The van der Waals surface area contributed by atoms with Gasteiger partial charge in [-0.2, -0.15) is 0 Å². The van der Waals surface area contributed by atoms with E-state index in [0.29, 0.717) is 23.2 Å². The fraction of sp³-hybridized carbons (Fsp3) is 0.364. The van der Waals surface area contributed by atoms with Crippen LogP contribution in [0.15, 0.2) is 12.1 Å². The average Bonchev–Trinajstić information content (AvgIpc) is 2.11. The molecular formula is C11H15FO2Si. The van der Waals surface area contributed by atoms with Crippen LogP contribution in [0.4, 0.5) is 4.39 Å². The summed E-state index contributed by atoms with van der Waals surface area (Å²) in [6, 6.07) is 2.74. The Morgan fingerprint density at radius 3 is 2.40 bits per heavy atom. The van der Waals surface area contributed by atoms with Crippen LogP contribution >= 0.6 is 0 Å². The smallest absolute Gasteiger partial charge is 0.242 e. The maximum atomic E-state index is 13.3. The van der Waals surface area contributed by atoms with Crippen LogP contribution in [0, 0.1) is 12.7 Å². The first-order valence-electron chi connectivity index (χ1n) is 4.78. The van der Waals surface area contributed by atoms with Crippen LogP contribution in [-0.2, 0) is 0 Å². The molecular weight excluding hydrogens is 211 g/mol. The minimum Gasteiger partial charge on any atom is -0.544 e. The lowest BCUT2D eigenvalue weighted by Gasteiger charge is -2.22. The molecule has 0 amide bonds. The zero-order valence-corrected chi connectivity index (χ0v) is 10.4. The first kappa shape index (κ1) is 11.9. The lowest BCUT2D eigenvalue weighted by atomic mass is 10.1. The van der Waals surface area contributed by atoms with Gasteiger partial charge in [0.05, 0.1) is 5.56 Å². The first-order valence-corrected chi connectivity index (χ1v) is 8.19. The third-order valence-corrected chi connectivity index (χ3v) is 2.72. The quantitative estimate of drug-likeness (QED) is 0.584. The topological polar surface area (TPSA) is 26.3 Å². The molecule has 1 aromatic rings. The number of benzene rings is 1. The molecule has 0 aromatic heterocycles. The summed E-state index contributed by atoms with van der Waals surface area (Å²) in [5, 5.41) is 0. The van der Waals surface area contributed by atoms with Crippen molar-refractivity contribution >= 4 is 14.6 Å². The van der Waals surface area contributed by atoms with Crippen molar-refractivity contribution in [2.45, 2.75) is 26.6 Å². The van der Waals surface area contributed by atoms with Gasteiger partial charge in [-0.25, -0.2) is 4.39 Å². The largest absolute Gasteiger partial charge is 0.544 e. The van der Waals surface area contributed by atoms with E-state index in [4.69, 9.17) is 4.43 Å². The van der Waals surface area contributed by atoms with Crippen molar-refractivity contribution in [3.05, 3.63) is 29.1 Å². The fourth-order valence-corrected chi connectivity index (χ4v) is 2.11. The highest BCUT2D eigenvalue weighted by Gasteiger charge is 2.20. The van der Waals surface area contributed by atoms with E-state index in [-0.39, 0.29) is 5.82 Å². The molecule has 0 heterocycles. The SMILES string of the molecule is Cc1c(F)ccc(C=O)c1O[Si](C)(C)C. The highest BCUT2D eigenvalue weighted by Crippen LogP contribution is 2.27. The molecule has 0 N–H and O–H groups in total. The standard InChI is InChI=1S/C11H15FO2Si/c1-8-10(12)6-5-9(7-13)11(8)14-15(2,3)4/h5-7H,1-4H3. The van der Waals surface area contributed by atoms with Gasteiger partial charge in [-0.05, 0) is 38.7 Å². The normalized spacial score (nSPS) is 11.3. The van der Waals surface area contributed by atoms with Crippen LogP contribution in [0.2, 0.25) is 19.6 Å². The van der Waals surface area contributed by atoms with Gasteiger partial charge in [-0.3, -0.25) is 4.79 Å². The van der Waals surface area contributed by atoms with Gasteiger partial charge in [-0.1, -0.05) is 0 Å². The Bertz CT molecular complexity index is 383. The molecule has 0 atom stereocenters. The third kappa shape index (κ3) is 2.89. The van der Waals surface area contributed by atoms with Crippen molar-refractivity contribution in [2.24, 2.45) is 0 Å². The molecule has 0 fully saturated rings. The predicted octanol–water partition coefficient (Wildman–Crippen LogP) is 3.16. The molecule has 4 heteroatoms. The van der Waals surface area contributed by atoms with E-state index in [9.17, 15) is 9.18 Å². The highest BCUT2D eigenvalue weighted by atomic mass is 28.4. The summed E-state index contributed by atoms with van der Waals surface area (Å²) in [6.45, 7) is 7.60. The molecule has 0 radical (unpaired) electrons. The minimum absolute atomic E-state index is 0.339. The Labute approximate surface area is 90.2 Å². The van der Waals surface area contributed by atoms with Crippen LogP contribution in [0.5, 0.6) is 5.75 Å². The van der Waals surface area contributed by atoms with Gasteiger partial charge in [0.1, 0.15) is 11.6 Å². The van der Waals surface area contributed by atoms with E-state index < -0.39 is 8.32 Å². The maximum absolute atomic E-state index is 13.3. The molecule has 0 aliphatic carbocycles. The number of hydrogen-bond donors (Lipinski definition) is 0. The van der Waals surface area contributed by atoms with Crippen molar-refractivity contribution in [1.82, 2.24) is 0 Å². The van der Waals surface area contributed by atoms with Crippen molar-refractivity contribution in [3.8, 4) is 5.75 Å². The summed E-state index contributed by atoms with van der Waals surface area (Å²) in [4.78, 5) is 10.8. The molecule has 2 nitrogen and oxygen atoms in total. The fourth-order valence-electron chi connectivity index (χ4n) is 1.22. The summed E-state index contributed by atoms with van der Waals surface area (Å²) in [5.41, 5.74) is 0.818. The van der Waals surface area contributed by atoms with E-state index in [1.165, 1.54) is 12.1 Å². The van der Waals surface area contributed by atoms with Crippen LogP contribution in [0.3, 0.4) is 0 Å². The maximum Gasteiger partial charge on any atom is 0.242 e. The lowest BCUT2D eigenvalue weighted by molar-refractivity contribution is 0.112. The molecule has 1 rings (SSSR count). The van der Waals surface area contributed by atoms with Crippen molar-refractivity contribution in [1.29, 1.82) is 0 Å². The van der Waals surface area contributed by atoms with Crippen LogP contribution < -0.4 is 4.43 Å². The van der Waals surface area contributed by atoms with Crippen molar-refractivity contribution in [2.75, 3.05) is 0 Å². The molecule has 0 aliphatic heterocycles. The first-order chi connectivity index (χ1) is 6.85. The second kappa shape index (κ2) is 4.14. The van der Waals surface area contributed by atoms with Gasteiger partial charge in [0, 0.05) is 5.56 Å². The number of hydrogen-bond acceptors (Lipinski definition) is 2. The average molecular weight is 226 g/mol. The summed E-state index contributed by atoms with van der Waals surface area (Å²) >= 11 is 0. The molecule has 0 saturated heterocycles. The lowest BCUT2D eigenvalue weighted by Crippen LogP contribution is -2.30. The number of carbonyl (C=O) groups is 1. The minimum atomic E-state index is -1.83. The van der Waals surface area contributed by atoms with Crippen LogP contribution in [0.1, 0.15) is 15.9 Å². The molecule has 0 aliphatic rings. The second-order valence-corrected chi connectivity index (χ2v) is 8.85. The molecule has 1 aromatic carbocycles. The molecule has 82 valence electrons. The van der Waals surface area contributed by atoms with E-state index in [1.54, 1.807) is 6.92 Å². The van der Waals surface area contributed by atoms with Gasteiger partial charge < -0.3 is 4.43 Å². The molecule has 0 bridgehead atoms. The Balaban J connectivity index is 3.24. The third-order valence-electron chi connectivity index (χ3n) is 1.91. The van der Waals surface area contributed by atoms with E-state index in [1.807, 2.05) is 19.6 Å². The van der Waals surface area contributed by atoms with Gasteiger partial charge in [-0.15, -0.1) is 0 Å². The van der Waals surface area contributed by atoms with Crippen molar-refractivity contribution < 1.29 is 13.6 Å². The highest BCUT2D eigenvalue weighted by molar-refractivity contribution is 6.70. The Kier molecular flexibility index (Phi) is 3.29. The second-order valence-electron chi connectivity index (χ2n) is 4.42. The summed E-state index contributed by atoms with van der Waals surface area (Å²) in [7, 11) is -1.83. The van der Waals surface area contributed by atoms with Crippen LogP contribution in [0.25, 0.3) is 0 Å². The Morgan fingerprint density at radius 2 is 1.93 bits per heavy atom. The zero-order chi connectivity index (χ0) is 11.6. The van der Waals surface area contributed by atoms with Gasteiger partial charge in [0.2, 0.25) is 8.32 Å². The molecule has 0 unspecified atom stereocenters. The predicted molar refractivity (Wildman–Crippen MR) is 60.5 cm³/mol. The number of carbonyl (C=O) groups excluding carboxylic acids is 1. The summed E-state index contributed by atoms with van der Waals surface area (Å²) in [5.74, 6) is 0.0537. The van der Waals surface area contributed by atoms with E-state index >= 15 is 0 Å². The summed E-state index contributed by atoms with van der Waals surface area (Å²) < 4.78 is 19.0. The van der Waals surface area contributed by atoms with Crippen molar-refractivity contribution in [3.63, 3.8) is 0 Å². The molecule has 15 heavy (non-hydrogen) atoms. The van der Waals surface area contributed by atoms with Gasteiger partial charge >= 0.3 is 0 Å². The number of rotatable bonds is 3. The summed E-state index contributed by atoms with van der Waals surface area (Å²) in [6.07, 6.45) is 0.696. The monoisotopic (exact) mass is 226 g/mol. The van der Waals surface area contributed by atoms with Crippen LogP contribution in [-0.4, -0.2) is 14.6 Å². The van der Waals surface area contributed by atoms with E-state index in [2.05, 4.69) is 0 Å². The molecule has 0 spiro atoms. The van der Waals surface area contributed by atoms with Gasteiger partial charge in [0.15, 0.2) is 6.29 Å². The van der Waals surface area contributed by atoms with E-state index in [0.717, 1.165) is 0 Å².